The largest absolute Gasteiger partial charge is 0.391 e. The summed E-state index contributed by atoms with van der Waals surface area (Å²) in [5.74, 6) is 0. The lowest BCUT2D eigenvalue weighted by Gasteiger charge is -2.15. The second-order valence-corrected chi connectivity index (χ2v) is 5.28. The van der Waals surface area contributed by atoms with Gasteiger partial charge in [0.15, 0.2) is 0 Å². The number of nitriles is 1. The molecule has 21 heavy (non-hydrogen) atoms. The molecule has 0 saturated carbocycles. The first-order chi connectivity index (χ1) is 10.3. The van der Waals surface area contributed by atoms with Crippen LogP contribution in [0.3, 0.4) is 0 Å². The summed E-state index contributed by atoms with van der Waals surface area (Å²) < 4.78 is 2.21. The SMILES string of the molecule is CCC(NC)=C1c2ccccc2CCn2cc(C#N)cc21. The molecule has 0 spiro atoms. The predicted octanol–water partition coefficient (Wildman–Crippen LogP) is 3.30. The molecule has 0 amide bonds. The summed E-state index contributed by atoms with van der Waals surface area (Å²) in [7, 11) is 1.97. The molecule has 1 aliphatic rings. The number of nitrogens with one attached hydrogen (secondary N) is 1. The fourth-order valence-corrected chi connectivity index (χ4v) is 3.12. The molecule has 3 heteroatoms. The lowest BCUT2D eigenvalue weighted by Crippen LogP contribution is -2.10. The van der Waals surface area contributed by atoms with Crippen molar-refractivity contribution >= 4 is 5.57 Å². The van der Waals surface area contributed by atoms with Crippen molar-refractivity contribution in [1.82, 2.24) is 9.88 Å². The highest BCUT2D eigenvalue weighted by Gasteiger charge is 2.21. The van der Waals surface area contributed by atoms with Gasteiger partial charge < -0.3 is 9.88 Å². The summed E-state index contributed by atoms with van der Waals surface area (Å²) in [6.07, 6.45) is 3.89. The molecule has 0 fully saturated rings. The first-order valence-corrected chi connectivity index (χ1v) is 7.38. The molecule has 3 nitrogen and oxygen atoms in total. The maximum absolute atomic E-state index is 9.20. The van der Waals surface area contributed by atoms with Crippen molar-refractivity contribution in [3.63, 3.8) is 0 Å². The van der Waals surface area contributed by atoms with Crippen LogP contribution in [-0.4, -0.2) is 11.6 Å². The van der Waals surface area contributed by atoms with E-state index in [1.54, 1.807) is 0 Å². The van der Waals surface area contributed by atoms with E-state index < -0.39 is 0 Å². The van der Waals surface area contributed by atoms with Gasteiger partial charge in [0.2, 0.25) is 0 Å². The Bertz CT molecular complexity index is 738. The summed E-state index contributed by atoms with van der Waals surface area (Å²) >= 11 is 0. The van der Waals surface area contributed by atoms with E-state index in [4.69, 9.17) is 0 Å². The molecule has 2 heterocycles. The second kappa shape index (κ2) is 5.49. The van der Waals surface area contributed by atoms with Crippen molar-refractivity contribution in [3.8, 4) is 6.07 Å². The first-order valence-electron chi connectivity index (χ1n) is 7.38. The fraction of sp³-hybridized carbons (Fsp3) is 0.278. The number of hydrogen-bond acceptors (Lipinski definition) is 2. The van der Waals surface area contributed by atoms with Gasteiger partial charge >= 0.3 is 0 Å². The number of aromatic nitrogens is 1. The van der Waals surface area contributed by atoms with Gasteiger partial charge in [0.1, 0.15) is 6.07 Å². The zero-order valence-corrected chi connectivity index (χ0v) is 12.5. The van der Waals surface area contributed by atoms with Crippen molar-refractivity contribution in [2.24, 2.45) is 0 Å². The van der Waals surface area contributed by atoms with Gasteiger partial charge in [-0.3, -0.25) is 0 Å². The van der Waals surface area contributed by atoms with Gasteiger partial charge in [-0.2, -0.15) is 5.26 Å². The molecular formula is C18H19N3. The smallest absolute Gasteiger partial charge is 0.101 e. The maximum atomic E-state index is 9.20. The Morgan fingerprint density at radius 3 is 2.90 bits per heavy atom. The van der Waals surface area contributed by atoms with Gasteiger partial charge in [-0.1, -0.05) is 31.2 Å². The molecule has 0 unspecified atom stereocenters. The normalized spacial score (nSPS) is 15.5. The van der Waals surface area contributed by atoms with Crippen LogP contribution in [0.25, 0.3) is 5.57 Å². The van der Waals surface area contributed by atoms with Crippen LogP contribution < -0.4 is 5.32 Å². The molecule has 3 rings (SSSR count). The number of allylic oxidation sites excluding steroid dienone is 1. The molecule has 0 bridgehead atoms. The van der Waals surface area contributed by atoms with Crippen LogP contribution in [0.5, 0.6) is 0 Å². The number of benzene rings is 1. The second-order valence-electron chi connectivity index (χ2n) is 5.28. The molecule has 0 atom stereocenters. The highest BCUT2D eigenvalue weighted by molar-refractivity contribution is 5.83. The molecule has 1 aromatic carbocycles. The third kappa shape index (κ3) is 2.23. The fourth-order valence-electron chi connectivity index (χ4n) is 3.12. The Kier molecular flexibility index (Phi) is 3.53. The lowest BCUT2D eigenvalue weighted by molar-refractivity contribution is 0.700. The summed E-state index contributed by atoms with van der Waals surface area (Å²) in [6, 6.07) is 12.8. The van der Waals surface area contributed by atoms with Gasteiger partial charge in [-0.15, -0.1) is 0 Å². The number of rotatable bonds is 2. The van der Waals surface area contributed by atoms with Crippen LogP contribution in [-0.2, 0) is 13.0 Å². The van der Waals surface area contributed by atoms with E-state index in [0.717, 1.165) is 30.6 Å². The van der Waals surface area contributed by atoms with Crippen molar-refractivity contribution < 1.29 is 0 Å². The number of fused-ring (bicyclic) bond motifs is 2. The van der Waals surface area contributed by atoms with Gasteiger partial charge in [-0.05, 0) is 30.0 Å². The van der Waals surface area contributed by atoms with E-state index in [-0.39, 0.29) is 0 Å². The maximum Gasteiger partial charge on any atom is 0.101 e. The Hall–Kier alpha value is -2.47. The van der Waals surface area contributed by atoms with E-state index in [0.29, 0.717) is 0 Å². The van der Waals surface area contributed by atoms with Gasteiger partial charge in [0.05, 0.1) is 11.3 Å². The van der Waals surface area contributed by atoms with Crippen LogP contribution in [0.15, 0.2) is 42.2 Å². The van der Waals surface area contributed by atoms with Gasteiger partial charge in [0, 0.05) is 31.1 Å². The molecule has 0 saturated heterocycles. The summed E-state index contributed by atoms with van der Waals surface area (Å²) in [5.41, 5.74) is 6.97. The van der Waals surface area contributed by atoms with Crippen LogP contribution in [0.2, 0.25) is 0 Å². The van der Waals surface area contributed by atoms with Crippen molar-refractivity contribution in [1.29, 1.82) is 5.26 Å². The highest BCUT2D eigenvalue weighted by atomic mass is 15.0. The van der Waals surface area contributed by atoms with Crippen molar-refractivity contribution in [2.45, 2.75) is 26.3 Å². The zero-order valence-electron chi connectivity index (χ0n) is 12.5. The van der Waals surface area contributed by atoms with E-state index in [2.05, 4.69) is 47.1 Å². The van der Waals surface area contributed by atoms with Crippen LogP contribution in [0.1, 0.15) is 35.7 Å². The van der Waals surface area contributed by atoms with Crippen LogP contribution >= 0.6 is 0 Å². The summed E-state index contributed by atoms with van der Waals surface area (Å²) in [5, 5.41) is 12.5. The molecule has 1 N–H and O–H groups in total. The molecule has 2 aromatic rings. The van der Waals surface area contributed by atoms with E-state index in [1.807, 2.05) is 19.3 Å². The molecule has 1 aliphatic heterocycles. The molecular weight excluding hydrogens is 258 g/mol. The summed E-state index contributed by atoms with van der Waals surface area (Å²) in [4.78, 5) is 0. The quantitative estimate of drug-likeness (QED) is 0.915. The third-order valence-electron chi connectivity index (χ3n) is 4.15. The number of hydrogen-bond donors (Lipinski definition) is 1. The molecule has 0 radical (unpaired) electrons. The summed E-state index contributed by atoms with van der Waals surface area (Å²) in [6.45, 7) is 3.07. The minimum absolute atomic E-state index is 0.730. The van der Waals surface area contributed by atoms with Crippen molar-refractivity contribution in [2.75, 3.05) is 7.05 Å². The Labute approximate surface area is 125 Å². The van der Waals surface area contributed by atoms with Gasteiger partial charge in [0.25, 0.3) is 0 Å². The molecule has 1 aromatic heterocycles. The van der Waals surface area contributed by atoms with Crippen LogP contribution in [0, 0.1) is 11.3 Å². The van der Waals surface area contributed by atoms with E-state index >= 15 is 0 Å². The minimum Gasteiger partial charge on any atom is -0.391 e. The van der Waals surface area contributed by atoms with Gasteiger partial charge in [-0.25, -0.2) is 0 Å². The Morgan fingerprint density at radius 2 is 2.19 bits per heavy atom. The topological polar surface area (TPSA) is 40.8 Å². The lowest BCUT2D eigenvalue weighted by atomic mass is 9.94. The zero-order chi connectivity index (χ0) is 14.8. The van der Waals surface area contributed by atoms with E-state index in [1.165, 1.54) is 22.4 Å². The predicted molar refractivity (Wildman–Crippen MR) is 84.7 cm³/mol. The molecule has 106 valence electrons. The Balaban J connectivity index is 2.32. The average Bonchev–Trinajstić information content (AvgIpc) is 2.87. The average molecular weight is 277 g/mol. The number of nitrogens with zero attached hydrogens (tertiary/aromatic N) is 2. The first kappa shape index (κ1) is 13.5. The minimum atomic E-state index is 0.730. The van der Waals surface area contributed by atoms with Crippen LogP contribution in [0.4, 0.5) is 0 Å². The number of aryl methyl sites for hydroxylation is 2. The van der Waals surface area contributed by atoms with Crippen molar-refractivity contribution in [3.05, 3.63) is 64.6 Å². The van der Waals surface area contributed by atoms with E-state index in [9.17, 15) is 5.26 Å². The third-order valence-corrected chi connectivity index (χ3v) is 4.15. The monoisotopic (exact) mass is 277 g/mol. The highest BCUT2D eigenvalue weighted by Crippen LogP contribution is 2.34. The standard InChI is InChI=1S/C18H19N3/c1-3-16(20-2)18-15-7-5-4-6-14(15)8-9-21-12-13(11-19)10-17(18)21/h4-7,10,12,20H,3,8-9H2,1-2H3. The molecule has 0 aliphatic carbocycles. The Morgan fingerprint density at radius 1 is 1.38 bits per heavy atom.